The molecule has 0 unspecified atom stereocenters. The van der Waals surface area contributed by atoms with Crippen molar-refractivity contribution in [3.05, 3.63) is 0 Å². The van der Waals surface area contributed by atoms with Crippen molar-refractivity contribution in [1.82, 2.24) is 10.2 Å². The smallest absolute Gasteiger partial charge is 0.0593 e. The average Bonchev–Trinajstić information content (AvgIpc) is 3.15. The molecule has 1 rings (SSSR count). The van der Waals surface area contributed by atoms with Crippen molar-refractivity contribution in [3.63, 3.8) is 0 Å². The maximum atomic E-state index is 5.65. The molecule has 0 amide bonds. The van der Waals surface area contributed by atoms with Crippen molar-refractivity contribution in [3.8, 4) is 0 Å². The van der Waals surface area contributed by atoms with E-state index in [0.717, 1.165) is 32.3 Å². The number of rotatable bonds is 12. The molecule has 0 heterocycles. The number of unbranched alkanes of at least 4 members (excludes halogenated alkanes) is 3. The first-order valence-corrected chi connectivity index (χ1v) is 7.33. The van der Waals surface area contributed by atoms with Crippen molar-refractivity contribution in [2.45, 2.75) is 51.5 Å². The Morgan fingerprint density at radius 1 is 1.12 bits per heavy atom. The third-order valence-electron chi connectivity index (χ3n) is 3.40. The van der Waals surface area contributed by atoms with Gasteiger partial charge >= 0.3 is 0 Å². The molecule has 0 aromatic heterocycles. The summed E-state index contributed by atoms with van der Waals surface area (Å²) in [5.41, 5.74) is 0. The number of nitrogens with one attached hydrogen (secondary N) is 1. The molecular formula is C14H30N2O. The van der Waals surface area contributed by atoms with E-state index >= 15 is 0 Å². The van der Waals surface area contributed by atoms with Crippen LogP contribution >= 0.6 is 0 Å². The summed E-state index contributed by atoms with van der Waals surface area (Å²) in [6.45, 7) is 7.38. The molecule has 1 aliphatic carbocycles. The van der Waals surface area contributed by atoms with E-state index in [4.69, 9.17) is 4.74 Å². The Bertz CT molecular complexity index is 172. The van der Waals surface area contributed by atoms with Crippen LogP contribution < -0.4 is 5.32 Å². The highest BCUT2D eigenvalue weighted by atomic mass is 16.5. The van der Waals surface area contributed by atoms with E-state index in [0.29, 0.717) is 0 Å². The van der Waals surface area contributed by atoms with Crippen molar-refractivity contribution < 1.29 is 4.74 Å². The van der Waals surface area contributed by atoms with Gasteiger partial charge in [0.2, 0.25) is 0 Å². The van der Waals surface area contributed by atoms with Crippen LogP contribution in [0.2, 0.25) is 0 Å². The monoisotopic (exact) mass is 242 g/mol. The normalized spacial score (nSPS) is 15.7. The van der Waals surface area contributed by atoms with Crippen LogP contribution in [-0.4, -0.2) is 50.8 Å². The quantitative estimate of drug-likeness (QED) is 0.531. The summed E-state index contributed by atoms with van der Waals surface area (Å²) in [7, 11) is 2.21. The predicted octanol–water partition coefficient (Wildman–Crippen LogP) is 2.27. The van der Waals surface area contributed by atoms with Gasteiger partial charge in [0.15, 0.2) is 0 Å². The van der Waals surface area contributed by atoms with Gasteiger partial charge in [0.1, 0.15) is 0 Å². The lowest BCUT2D eigenvalue weighted by molar-refractivity contribution is 0.106. The lowest BCUT2D eigenvalue weighted by Crippen LogP contribution is -2.25. The predicted molar refractivity (Wildman–Crippen MR) is 73.5 cm³/mol. The summed E-state index contributed by atoms with van der Waals surface area (Å²) in [6, 6.07) is 0.865. The molecule has 1 saturated carbocycles. The van der Waals surface area contributed by atoms with Crippen LogP contribution in [-0.2, 0) is 4.74 Å². The molecule has 3 nitrogen and oxygen atoms in total. The second kappa shape index (κ2) is 9.86. The fraction of sp³-hybridized carbons (Fsp3) is 1.00. The van der Waals surface area contributed by atoms with Crippen LogP contribution in [0.4, 0.5) is 0 Å². The molecule has 0 aromatic carbocycles. The molecule has 0 atom stereocenters. The van der Waals surface area contributed by atoms with Crippen LogP contribution in [0.25, 0.3) is 0 Å². The van der Waals surface area contributed by atoms with Gasteiger partial charge in [0.05, 0.1) is 6.61 Å². The summed E-state index contributed by atoms with van der Waals surface area (Å²) in [4.78, 5) is 2.43. The third-order valence-corrected chi connectivity index (χ3v) is 3.40. The summed E-state index contributed by atoms with van der Waals surface area (Å²) in [6.07, 6.45) is 7.95. The molecule has 1 N–H and O–H groups in total. The van der Waals surface area contributed by atoms with Gasteiger partial charge in [-0.05, 0) is 45.8 Å². The van der Waals surface area contributed by atoms with Crippen LogP contribution in [0.3, 0.4) is 0 Å². The molecule has 0 bridgehead atoms. The Morgan fingerprint density at radius 2 is 1.88 bits per heavy atom. The van der Waals surface area contributed by atoms with Gasteiger partial charge in [0.25, 0.3) is 0 Å². The number of likely N-dealkylation sites (N-methyl/N-ethyl adjacent to an activating group) is 1. The van der Waals surface area contributed by atoms with Gasteiger partial charge in [0, 0.05) is 19.2 Å². The van der Waals surface area contributed by atoms with Crippen LogP contribution in [0, 0.1) is 0 Å². The van der Waals surface area contributed by atoms with Crippen LogP contribution in [0.1, 0.15) is 45.4 Å². The van der Waals surface area contributed by atoms with Crippen molar-refractivity contribution in [2.24, 2.45) is 0 Å². The van der Waals surface area contributed by atoms with Gasteiger partial charge in [-0.3, -0.25) is 0 Å². The Hall–Kier alpha value is -0.120. The topological polar surface area (TPSA) is 24.5 Å². The molecule has 0 spiro atoms. The van der Waals surface area contributed by atoms with E-state index < -0.39 is 0 Å². The van der Waals surface area contributed by atoms with E-state index in [1.165, 1.54) is 45.1 Å². The number of hydrogen-bond acceptors (Lipinski definition) is 3. The molecule has 1 fully saturated rings. The maximum Gasteiger partial charge on any atom is 0.0593 e. The van der Waals surface area contributed by atoms with Gasteiger partial charge in [-0.15, -0.1) is 0 Å². The molecule has 17 heavy (non-hydrogen) atoms. The molecule has 1 aliphatic rings. The Balaban J connectivity index is 1.69. The molecule has 0 saturated heterocycles. The SMILES string of the molecule is CCNCCCCCCOCCN(C)C1CC1. The van der Waals surface area contributed by atoms with E-state index in [-0.39, 0.29) is 0 Å². The average molecular weight is 242 g/mol. The summed E-state index contributed by atoms with van der Waals surface area (Å²) >= 11 is 0. The van der Waals surface area contributed by atoms with E-state index in [1.807, 2.05) is 0 Å². The number of nitrogens with zero attached hydrogens (tertiary/aromatic N) is 1. The Kier molecular flexibility index (Phi) is 8.67. The molecule has 0 radical (unpaired) electrons. The molecule has 102 valence electrons. The Morgan fingerprint density at radius 3 is 2.59 bits per heavy atom. The third kappa shape index (κ3) is 8.58. The minimum absolute atomic E-state index is 0.865. The lowest BCUT2D eigenvalue weighted by atomic mass is 10.2. The van der Waals surface area contributed by atoms with Gasteiger partial charge < -0.3 is 15.0 Å². The minimum atomic E-state index is 0.865. The van der Waals surface area contributed by atoms with Crippen molar-refractivity contribution in [1.29, 1.82) is 0 Å². The minimum Gasteiger partial charge on any atom is -0.380 e. The van der Waals surface area contributed by atoms with E-state index in [2.05, 4.69) is 24.2 Å². The van der Waals surface area contributed by atoms with E-state index in [1.54, 1.807) is 0 Å². The molecule has 0 aliphatic heterocycles. The maximum absolute atomic E-state index is 5.65. The first-order valence-electron chi connectivity index (χ1n) is 7.33. The van der Waals surface area contributed by atoms with Crippen LogP contribution in [0.5, 0.6) is 0 Å². The summed E-state index contributed by atoms with van der Waals surface area (Å²) in [5.74, 6) is 0. The molecular weight excluding hydrogens is 212 g/mol. The fourth-order valence-corrected chi connectivity index (χ4v) is 1.99. The second-order valence-corrected chi connectivity index (χ2v) is 5.09. The van der Waals surface area contributed by atoms with Gasteiger partial charge in [-0.2, -0.15) is 0 Å². The summed E-state index contributed by atoms with van der Waals surface area (Å²) < 4.78 is 5.65. The second-order valence-electron chi connectivity index (χ2n) is 5.09. The van der Waals surface area contributed by atoms with Crippen molar-refractivity contribution in [2.75, 3.05) is 39.9 Å². The van der Waals surface area contributed by atoms with Gasteiger partial charge in [-0.1, -0.05) is 19.8 Å². The summed E-state index contributed by atoms with van der Waals surface area (Å²) in [5, 5.41) is 3.35. The Labute approximate surface area is 107 Å². The largest absolute Gasteiger partial charge is 0.380 e. The van der Waals surface area contributed by atoms with Crippen molar-refractivity contribution >= 4 is 0 Å². The fourth-order valence-electron chi connectivity index (χ4n) is 1.99. The number of hydrogen-bond donors (Lipinski definition) is 1. The zero-order chi connectivity index (χ0) is 12.3. The highest BCUT2D eigenvalue weighted by Crippen LogP contribution is 2.24. The zero-order valence-corrected chi connectivity index (χ0v) is 11.7. The standard InChI is InChI=1S/C14H30N2O/c1-3-15-10-6-4-5-7-12-17-13-11-16(2)14-8-9-14/h14-15H,3-13H2,1-2H3. The highest BCUT2D eigenvalue weighted by molar-refractivity contribution is 4.81. The van der Waals surface area contributed by atoms with E-state index in [9.17, 15) is 0 Å². The molecule has 0 aromatic rings. The first-order chi connectivity index (χ1) is 8.34. The van der Waals surface area contributed by atoms with Crippen LogP contribution in [0.15, 0.2) is 0 Å². The number of ether oxygens (including phenoxy) is 1. The first kappa shape index (κ1) is 14.9. The van der Waals surface area contributed by atoms with Gasteiger partial charge in [-0.25, -0.2) is 0 Å². The zero-order valence-electron chi connectivity index (χ0n) is 11.7. The molecule has 3 heteroatoms. The lowest BCUT2D eigenvalue weighted by Gasteiger charge is -2.15. The highest BCUT2D eigenvalue weighted by Gasteiger charge is 2.25.